The Bertz CT molecular complexity index is 277. The number of allylic oxidation sites excluding steroid dienone is 4. The molecule has 0 atom stereocenters. The van der Waals surface area contributed by atoms with Gasteiger partial charge in [-0.3, -0.25) is 14.9 Å². The minimum atomic E-state index is -0.508. The Morgan fingerprint density at radius 2 is 2.00 bits per heavy atom. The van der Waals surface area contributed by atoms with Crippen molar-refractivity contribution in [1.82, 2.24) is 0 Å². The number of carbonyl (C=O) groups is 1. The predicted octanol–water partition coefficient (Wildman–Crippen LogP) is 2.09. The SMILES string of the molecule is CC/C(C)=C(C=O)\C=C(/C)[N+](=O)[O-]. The van der Waals surface area contributed by atoms with Crippen LogP contribution in [0.3, 0.4) is 0 Å². The van der Waals surface area contributed by atoms with E-state index in [1.165, 1.54) is 13.0 Å². The Kier molecular flexibility index (Phi) is 4.66. The molecule has 0 saturated carbocycles. The highest BCUT2D eigenvalue weighted by Gasteiger charge is 2.04. The van der Waals surface area contributed by atoms with Gasteiger partial charge in [0.15, 0.2) is 0 Å². The lowest BCUT2D eigenvalue weighted by atomic mass is 10.1. The zero-order chi connectivity index (χ0) is 10.4. The first-order valence-electron chi connectivity index (χ1n) is 4.00. The van der Waals surface area contributed by atoms with Gasteiger partial charge in [0, 0.05) is 18.6 Å². The van der Waals surface area contributed by atoms with Crippen LogP contribution >= 0.6 is 0 Å². The van der Waals surface area contributed by atoms with Gasteiger partial charge in [0.2, 0.25) is 5.70 Å². The Balaban J connectivity index is 4.94. The topological polar surface area (TPSA) is 60.2 Å². The van der Waals surface area contributed by atoms with Crippen LogP contribution in [0.5, 0.6) is 0 Å². The summed E-state index contributed by atoms with van der Waals surface area (Å²) in [6.45, 7) is 5.05. The van der Waals surface area contributed by atoms with Crippen LogP contribution in [0.25, 0.3) is 0 Å². The number of carbonyl (C=O) groups excluding carboxylic acids is 1. The largest absolute Gasteiger partial charge is 0.298 e. The van der Waals surface area contributed by atoms with Gasteiger partial charge in [0.05, 0.1) is 4.92 Å². The molecule has 4 heteroatoms. The normalized spacial score (nSPS) is 13.6. The number of rotatable bonds is 4. The van der Waals surface area contributed by atoms with Crippen molar-refractivity contribution < 1.29 is 9.72 Å². The van der Waals surface area contributed by atoms with E-state index in [1.807, 2.05) is 6.92 Å². The summed E-state index contributed by atoms with van der Waals surface area (Å²) in [5, 5.41) is 10.3. The molecule has 0 amide bonds. The second-order valence-electron chi connectivity index (χ2n) is 2.75. The fraction of sp³-hybridized carbons (Fsp3) is 0.444. The van der Waals surface area contributed by atoms with E-state index in [9.17, 15) is 14.9 Å². The molecule has 0 aliphatic carbocycles. The molecule has 0 aliphatic heterocycles. The van der Waals surface area contributed by atoms with Crippen molar-refractivity contribution in [1.29, 1.82) is 0 Å². The molecule has 0 spiro atoms. The van der Waals surface area contributed by atoms with Crippen molar-refractivity contribution in [3.8, 4) is 0 Å². The lowest BCUT2D eigenvalue weighted by molar-refractivity contribution is -0.424. The van der Waals surface area contributed by atoms with Crippen LogP contribution < -0.4 is 0 Å². The minimum Gasteiger partial charge on any atom is -0.298 e. The number of hydrogen-bond donors (Lipinski definition) is 0. The van der Waals surface area contributed by atoms with Crippen LogP contribution in [0.15, 0.2) is 22.9 Å². The van der Waals surface area contributed by atoms with Crippen molar-refractivity contribution in [2.75, 3.05) is 0 Å². The van der Waals surface area contributed by atoms with Crippen LogP contribution in [0, 0.1) is 10.1 Å². The Morgan fingerprint density at radius 1 is 1.46 bits per heavy atom. The van der Waals surface area contributed by atoms with E-state index in [4.69, 9.17) is 0 Å². The molecular weight excluding hydrogens is 170 g/mol. The number of nitrogens with zero attached hydrogens (tertiary/aromatic N) is 1. The standard InChI is InChI=1S/C9H13NO3/c1-4-7(2)9(6-11)5-8(3)10(12)13/h5-6H,4H2,1-3H3/b8-5+,9-7+. The smallest absolute Gasteiger partial charge is 0.243 e. The van der Waals surface area contributed by atoms with Crippen molar-refractivity contribution in [3.05, 3.63) is 33.0 Å². The molecular formula is C9H13NO3. The van der Waals surface area contributed by atoms with Gasteiger partial charge in [-0.15, -0.1) is 0 Å². The maximum atomic E-state index is 10.5. The van der Waals surface area contributed by atoms with E-state index in [1.54, 1.807) is 6.92 Å². The average Bonchev–Trinajstić information content (AvgIpc) is 2.12. The summed E-state index contributed by atoms with van der Waals surface area (Å²) in [5.74, 6) is 0. The number of hydrogen-bond acceptors (Lipinski definition) is 3. The third-order valence-corrected chi connectivity index (χ3v) is 1.80. The molecule has 13 heavy (non-hydrogen) atoms. The summed E-state index contributed by atoms with van der Waals surface area (Å²) < 4.78 is 0. The van der Waals surface area contributed by atoms with Crippen molar-refractivity contribution in [2.24, 2.45) is 0 Å². The van der Waals surface area contributed by atoms with Gasteiger partial charge in [-0.2, -0.15) is 0 Å². The first-order chi connectivity index (χ1) is 6.02. The fourth-order valence-corrected chi connectivity index (χ4v) is 0.740. The third kappa shape index (κ3) is 3.64. The molecule has 0 saturated heterocycles. The molecule has 0 aromatic heterocycles. The van der Waals surface area contributed by atoms with E-state index in [-0.39, 0.29) is 5.70 Å². The van der Waals surface area contributed by atoms with Gasteiger partial charge in [0.1, 0.15) is 6.29 Å². The lowest BCUT2D eigenvalue weighted by Gasteiger charge is -1.97. The molecule has 0 fully saturated rings. The number of aldehydes is 1. The molecule has 0 aromatic rings. The van der Waals surface area contributed by atoms with Crippen LogP contribution in [0.4, 0.5) is 0 Å². The zero-order valence-corrected chi connectivity index (χ0v) is 8.03. The van der Waals surface area contributed by atoms with E-state index < -0.39 is 4.92 Å². The molecule has 0 bridgehead atoms. The molecule has 4 nitrogen and oxygen atoms in total. The first kappa shape index (κ1) is 11.6. The lowest BCUT2D eigenvalue weighted by Crippen LogP contribution is -1.96. The molecule has 72 valence electrons. The van der Waals surface area contributed by atoms with Gasteiger partial charge >= 0.3 is 0 Å². The molecule has 0 rings (SSSR count). The highest BCUT2D eigenvalue weighted by Crippen LogP contribution is 2.09. The fourth-order valence-electron chi connectivity index (χ4n) is 0.740. The summed E-state index contributed by atoms with van der Waals surface area (Å²) in [4.78, 5) is 20.3. The first-order valence-corrected chi connectivity index (χ1v) is 4.00. The summed E-state index contributed by atoms with van der Waals surface area (Å²) in [7, 11) is 0. The van der Waals surface area contributed by atoms with E-state index in [0.29, 0.717) is 11.9 Å². The second kappa shape index (κ2) is 5.24. The van der Waals surface area contributed by atoms with Crippen LogP contribution in [0.1, 0.15) is 27.2 Å². The molecule has 0 aromatic carbocycles. The average molecular weight is 183 g/mol. The minimum absolute atomic E-state index is 0.0186. The monoisotopic (exact) mass is 183 g/mol. The van der Waals surface area contributed by atoms with Crippen LogP contribution in [-0.4, -0.2) is 11.2 Å². The van der Waals surface area contributed by atoms with Gasteiger partial charge in [-0.25, -0.2) is 0 Å². The van der Waals surface area contributed by atoms with Crippen LogP contribution in [0.2, 0.25) is 0 Å². The summed E-state index contributed by atoms with van der Waals surface area (Å²) >= 11 is 0. The molecule has 0 radical (unpaired) electrons. The molecule has 0 N–H and O–H groups in total. The van der Waals surface area contributed by atoms with Gasteiger partial charge in [0.25, 0.3) is 0 Å². The summed E-state index contributed by atoms with van der Waals surface area (Å²) in [6.07, 6.45) is 2.66. The highest BCUT2D eigenvalue weighted by molar-refractivity contribution is 5.78. The van der Waals surface area contributed by atoms with Crippen molar-refractivity contribution in [3.63, 3.8) is 0 Å². The Hall–Kier alpha value is -1.45. The molecule has 0 unspecified atom stereocenters. The molecule has 0 heterocycles. The van der Waals surface area contributed by atoms with E-state index >= 15 is 0 Å². The van der Waals surface area contributed by atoms with E-state index in [2.05, 4.69) is 0 Å². The highest BCUT2D eigenvalue weighted by atomic mass is 16.6. The van der Waals surface area contributed by atoms with Gasteiger partial charge in [-0.05, 0) is 13.3 Å². The van der Waals surface area contributed by atoms with Crippen molar-refractivity contribution >= 4 is 6.29 Å². The second-order valence-corrected chi connectivity index (χ2v) is 2.75. The maximum absolute atomic E-state index is 10.5. The molecule has 0 aliphatic rings. The van der Waals surface area contributed by atoms with Gasteiger partial charge in [-0.1, -0.05) is 12.5 Å². The number of nitro groups is 1. The summed E-state index contributed by atoms with van der Waals surface area (Å²) in [6, 6.07) is 0. The Morgan fingerprint density at radius 3 is 2.31 bits per heavy atom. The van der Waals surface area contributed by atoms with Crippen LogP contribution in [-0.2, 0) is 4.79 Å². The zero-order valence-electron chi connectivity index (χ0n) is 8.03. The summed E-state index contributed by atoms with van der Waals surface area (Å²) in [5.41, 5.74) is 1.24. The van der Waals surface area contributed by atoms with E-state index in [0.717, 1.165) is 12.0 Å². The Labute approximate surface area is 77.1 Å². The third-order valence-electron chi connectivity index (χ3n) is 1.80. The van der Waals surface area contributed by atoms with Crippen molar-refractivity contribution in [2.45, 2.75) is 27.2 Å². The maximum Gasteiger partial charge on any atom is 0.243 e. The predicted molar refractivity (Wildman–Crippen MR) is 49.8 cm³/mol. The quantitative estimate of drug-likeness (QED) is 0.220. The van der Waals surface area contributed by atoms with Gasteiger partial charge < -0.3 is 0 Å².